The first-order valence-electron chi connectivity index (χ1n) is 17.5. The molecule has 2 aromatic carbocycles. The highest BCUT2D eigenvalue weighted by Crippen LogP contribution is 2.48. The number of anilines is 1. The summed E-state index contributed by atoms with van der Waals surface area (Å²) in [6, 6.07) is 10.5. The summed E-state index contributed by atoms with van der Waals surface area (Å²) >= 11 is 0. The minimum atomic E-state index is -1.24. The fourth-order valence-corrected chi connectivity index (χ4v) is 5.88. The fraction of sp³-hybridized carbons (Fsp3) is 0.447. The van der Waals surface area contributed by atoms with Gasteiger partial charge in [0.15, 0.2) is 5.78 Å². The van der Waals surface area contributed by atoms with Crippen LogP contribution in [0.15, 0.2) is 48.7 Å². The minimum Gasteiger partial charge on any atom is -0.498 e. The van der Waals surface area contributed by atoms with Crippen LogP contribution in [0.2, 0.25) is 0 Å². The predicted molar refractivity (Wildman–Crippen MR) is 188 cm³/mol. The molecule has 2 aliphatic rings. The Balaban J connectivity index is 1.44. The first kappa shape index (κ1) is 39.4. The number of benzene rings is 2. The first-order chi connectivity index (χ1) is 25.1. The molecule has 1 unspecified atom stereocenters. The Morgan fingerprint density at radius 3 is 2.42 bits per heavy atom. The number of nitrogens with zero attached hydrogens (tertiary/aromatic N) is 1. The van der Waals surface area contributed by atoms with Crippen LogP contribution in [0.3, 0.4) is 0 Å². The number of Topliss-reactive ketones (excluding diaryl/α,β-unsaturated/α-hetero) is 1. The minimum absolute atomic E-state index is 0.0672. The standard InChI is InChI=1S/C38H45N3O11/c1-3-4-20-49-22-18-39-33(44)11-6-12-34(45)40-26-13-14-28-30(23-26)31(24-51-38(48)52-41-35(46)15-16-36(41)47)27-8-5-9-29(37(27)28)32(43)10-7-21-50-25(2)17-19-42/h5,8-9,13-14,19,23,31H,2-4,6-7,10-12,15-18,20-22,24H2,1H3,(H,39,44)(H,40,45). The number of allylic oxidation sites excluding steroid dienone is 1. The number of carbonyl (C=O) groups excluding carboxylic acids is 7. The molecule has 278 valence electrons. The number of ketones is 1. The summed E-state index contributed by atoms with van der Waals surface area (Å²) in [5, 5.41) is 6.04. The van der Waals surface area contributed by atoms with E-state index < -0.39 is 23.9 Å². The van der Waals surface area contributed by atoms with Gasteiger partial charge in [0.1, 0.15) is 12.9 Å². The number of imide groups is 1. The average molecular weight is 720 g/mol. The van der Waals surface area contributed by atoms with E-state index in [-0.39, 0.29) is 69.3 Å². The SMILES string of the molecule is C=C(CC=O)OCCCC(=O)c1cccc2c1-c1ccc(NC(=O)CCCC(=O)NCCOCCCC)cc1C2COC(=O)ON1C(=O)CCC1=O. The fourth-order valence-electron chi connectivity index (χ4n) is 5.88. The molecule has 4 amide bonds. The number of unbranched alkanes of at least 4 members (excludes halogenated alkanes) is 1. The van der Waals surface area contributed by atoms with Gasteiger partial charge in [-0.1, -0.05) is 49.3 Å². The molecule has 52 heavy (non-hydrogen) atoms. The zero-order chi connectivity index (χ0) is 37.5. The lowest BCUT2D eigenvalue weighted by Gasteiger charge is -2.17. The number of hydrogen-bond donors (Lipinski definition) is 2. The van der Waals surface area contributed by atoms with Gasteiger partial charge in [-0.25, -0.2) is 4.79 Å². The monoisotopic (exact) mass is 719 g/mol. The van der Waals surface area contributed by atoms with Crippen molar-refractivity contribution in [3.63, 3.8) is 0 Å². The predicted octanol–water partition coefficient (Wildman–Crippen LogP) is 5.14. The molecule has 0 radical (unpaired) electrons. The van der Waals surface area contributed by atoms with Crippen molar-refractivity contribution in [3.05, 3.63) is 65.4 Å². The summed E-state index contributed by atoms with van der Waals surface area (Å²) in [6.07, 6.45) is 2.57. The molecule has 1 aliphatic heterocycles. The number of hydroxylamine groups is 2. The highest BCUT2D eigenvalue weighted by atomic mass is 16.8. The molecule has 0 bridgehead atoms. The van der Waals surface area contributed by atoms with E-state index in [1.54, 1.807) is 30.3 Å². The molecular formula is C38H45N3O11. The lowest BCUT2D eigenvalue weighted by molar-refractivity contribution is -0.177. The molecule has 0 aromatic heterocycles. The van der Waals surface area contributed by atoms with Crippen LogP contribution in [-0.2, 0) is 43.0 Å². The maximum Gasteiger partial charge on any atom is 0.533 e. The van der Waals surface area contributed by atoms with Gasteiger partial charge in [-0.15, -0.1) is 0 Å². The van der Waals surface area contributed by atoms with Crippen molar-refractivity contribution >= 4 is 47.5 Å². The maximum atomic E-state index is 13.5. The quantitative estimate of drug-likeness (QED) is 0.0410. The van der Waals surface area contributed by atoms with Crippen molar-refractivity contribution in [2.75, 3.05) is 38.3 Å². The summed E-state index contributed by atoms with van der Waals surface area (Å²) in [4.78, 5) is 90.5. The van der Waals surface area contributed by atoms with E-state index in [9.17, 15) is 33.6 Å². The van der Waals surface area contributed by atoms with Gasteiger partial charge >= 0.3 is 6.16 Å². The largest absolute Gasteiger partial charge is 0.533 e. The van der Waals surface area contributed by atoms with Crippen LogP contribution in [0.25, 0.3) is 11.1 Å². The zero-order valence-electron chi connectivity index (χ0n) is 29.4. The van der Waals surface area contributed by atoms with E-state index in [2.05, 4.69) is 24.1 Å². The van der Waals surface area contributed by atoms with Crippen molar-refractivity contribution in [1.29, 1.82) is 0 Å². The van der Waals surface area contributed by atoms with Crippen molar-refractivity contribution in [2.45, 2.75) is 77.0 Å². The third kappa shape index (κ3) is 11.1. The summed E-state index contributed by atoms with van der Waals surface area (Å²) in [5.41, 5.74) is 3.64. The second-order valence-corrected chi connectivity index (χ2v) is 12.4. The molecule has 1 saturated heterocycles. The number of hydrogen-bond acceptors (Lipinski definition) is 11. The number of aldehydes is 1. The van der Waals surface area contributed by atoms with Crippen LogP contribution in [0.5, 0.6) is 0 Å². The second-order valence-electron chi connectivity index (χ2n) is 12.4. The molecule has 1 aliphatic carbocycles. The number of amides is 4. The van der Waals surface area contributed by atoms with Crippen LogP contribution in [-0.4, -0.2) is 79.9 Å². The lowest BCUT2D eigenvalue weighted by atomic mass is 9.93. The van der Waals surface area contributed by atoms with E-state index in [4.69, 9.17) is 19.0 Å². The maximum absolute atomic E-state index is 13.5. The van der Waals surface area contributed by atoms with Gasteiger partial charge in [-0.2, -0.15) is 0 Å². The number of fused-ring (bicyclic) bond motifs is 3. The number of nitrogens with one attached hydrogen (secondary N) is 2. The molecule has 1 fully saturated rings. The topological polar surface area (TPSA) is 184 Å². The van der Waals surface area contributed by atoms with E-state index in [0.29, 0.717) is 83.2 Å². The van der Waals surface area contributed by atoms with Gasteiger partial charge in [0.05, 0.1) is 25.4 Å². The Bertz CT molecular complexity index is 1660. The smallest absolute Gasteiger partial charge is 0.498 e. The summed E-state index contributed by atoms with van der Waals surface area (Å²) in [7, 11) is 0. The van der Waals surface area contributed by atoms with Gasteiger partial charge in [-0.3, -0.25) is 28.8 Å². The summed E-state index contributed by atoms with van der Waals surface area (Å²) < 4.78 is 16.3. The summed E-state index contributed by atoms with van der Waals surface area (Å²) in [6.45, 7) is 7.20. The summed E-state index contributed by atoms with van der Waals surface area (Å²) in [5.74, 6) is -2.16. The van der Waals surface area contributed by atoms with Gasteiger partial charge in [-0.05, 0) is 53.6 Å². The van der Waals surface area contributed by atoms with Gasteiger partial charge in [0.25, 0.3) is 11.8 Å². The van der Waals surface area contributed by atoms with Gasteiger partial charge in [0.2, 0.25) is 11.8 Å². The molecule has 1 atom stereocenters. The highest BCUT2D eigenvalue weighted by molar-refractivity contribution is 6.05. The lowest BCUT2D eigenvalue weighted by Crippen LogP contribution is -2.32. The number of carbonyl (C=O) groups is 7. The van der Waals surface area contributed by atoms with E-state index in [0.717, 1.165) is 12.8 Å². The molecule has 2 aromatic rings. The highest BCUT2D eigenvalue weighted by Gasteiger charge is 2.36. The Kier molecular flexibility index (Phi) is 15.1. The molecule has 1 heterocycles. The van der Waals surface area contributed by atoms with E-state index >= 15 is 0 Å². The van der Waals surface area contributed by atoms with Crippen molar-refractivity contribution < 1.29 is 52.6 Å². The van der Waals surface area contributed by atoms with Crippen LogP contribution >= 0.6 is 0 Å². The van der Waals surface area contributed by atoms with Crippen LogP contribution in [0.4, 0.5) is 10.5 Å². The molecular weight excluding hydrogens is 674 g/mol. The van der Waals surface area contributed by atoms with E-state index in [1.807, 2.05) is 6.07 Å². The van der Waals surface area contributed by atoms with Crippen LogP contribution < -0.4 is 10.6 Å². The Morgan fingerprint density at radius 1 is 0.904 bits per heavy atom. The molecule has 0 saturated carbocycles. The average Bonchev–Trinajstić information content (AvgIpc) is 3.61. The Hall–Kier alpha value is -5.37. The third-order valence-electron chi connectivity index (χ3n) is 8.48. The number of ether oxygens (including phenoxy) is 3. The van der Waals surface area contributed by atoms with Crippen LogP contribution in [0.1, 0.15) is 98.5 Å². The van der Waals surface area contributed by atoms with Crippen molar-refractivity contribution in [2.24, 2.45) is 0 Å². The van der Waals surface area contributed by atoms with Crippen molar-refractivity contribution in [3.8, 4) is 11.1 Å². The molecule has 2 N–H and O–H groups in total. The molecule has 0 spiro atoms. The normalized spacial score (nSPS) is 14.3. The number of rotatable bonds is 22. The second kappa shape index (κ2) is 19.9. The van der Waals surface area contributed by atoms with Gasteiger partial charge < -0.3 is 29.6 Å². The Morgan fingerprint density at radius 2 is 1.67 bits per heavy atom. The van der Waals surface area contributed by atoms with Gasteiger partial charge in [0, 0.05) is 62.4 Å². The Labute approximate surface area is 302 Å². The third-order valence-corrected chi connectivity index (χ3v) is 8.48. The van der Waals surface area contributed by atoms with E-state index in [1.165, 1.54) is 0 Å². The zero-order valence-corrected chi connectivity index (χ0v) is 29.4. The van der Waals surface area contributed by atoms with Crippen molar-refractivity contribution in [1.82, 2.24) is 10.4 Å². The molecule has 14 heteroatoms. The molecule has 4 rings (SSSR count). The molecule has 14 nitrogen and oxygen atoms in total. The van der Waals surface area contributed by atoms with Crippen LogP contribution in [0, 0.1) is 0 Å². The first-order valence-corrected chi connectivity index (χ1v) is 17.5.